The van der Waals surface area contributed by atoms with E-state index in [0.717, 1.165) is 5.56 Å². The fourth-order valence-electron chi connectivity index (χ4n) is 6.73. The third kappa shape index (κ3) is 2.73. The summed E-state index contributed by atoms with van der Waals surface area (Å²) in [5.41, 5.74) is 1.17. The molecule has 4 atom stereocenters. The summed E-state index contributed by atoms with van der Waals surface area (Å²) in [4.78, 5) is 48.6. The Morgan fingerprint density at radius 1 is 0.947 bits per heavy atom. The number of nitrogens with zero attached hydrogens (tertiary/aromatic N) is 3. The molecule has 4 aromatic rings. The lowest BCUT2D eigenvalue weighted by atomic mass is 9.75. The number of para-hydroxylation sites is 2. The maximum atomic E-state index is 14.4. The van der Waals surface area contributed by atoms with Crippen LogP contribution in [0.25, 0.3) is 16.6 Å². The van der Waals surface area contributed by atoms with E-state index in [9.17, 15) is 14.4 Å². The molecule has 3 aromatic carbocycles. The van der Waals surface area contributed by atoms with E-state index in [4.69, 9.17) is 9.72 Å². The van der Waals surface area contributed by atoms with Gasteiger partial charge in [0, 0.05) is 17.7 Å². The average molecular weight is 507 g/mol. The molecule has 1 spiro atoms. The third-order valence-corrected chi connectivity index (χ3v) is 8.33. The van der Waals surface area contributed by atoms with Crippen molar-refractivity contribution < 1.29 is 14.3 Å². The fraction of sp³-hybridized carbons (Fsp3) is 0.267. The minimum atomic E-state index is -1.14. The zero-order valence-corrected chi connectivity index (χ0v) is 21.2. The smallest absolute Gasteiger partial charge is 0.266 e. The van der Waals surface area contributed by atoms with Crippen LogP contribution in [0.5, 0.6) is 5.75 Å². The Balaban J connectivity index is 1.52. The second-order valence-corrected chi connectivity index (χ2v) is 10.5. The number of aromatic nitrogens is 2. The number of methoxy groups -OCH3 is 1. The first kappa shape index (κ1) is 22.9. The van der Waals surface area contributed by atoms with Gasteiger partial charge in [0.05, 0.1) is 41.2 Å². The lowest BCUT2D eigenvalue weighted by Crippen LogP contribution is -2.51. The molecule has 0 unspecified atom stereocenters. The Morgan fingerprint density at radius 3 is 2.50 bits per heavy atom. The standard InChI is InChI=1S/C30H26N4O4/c1-16(2)25-23-24(28(37)33(27(23)36)17-9-8-10-18(15-17)38-3)30(32-25)20-12-5-7-14-22(20)34-26(35)19-11-4-6-13-21(19)31-29(30)34/h4-16,23-25,32H,1-3H3/t23-,24-,25-,30-/m1/s1. The van der Waals surface area contributed by atoms with Gasteiger partial charge in [-0.1, -0.05) is 50.2 Å². The Hall–Kier alpha value is -4.30. The first-order valence-corrected chi connectivity index (χ1v) is 12.8. The van der Waals surface area contributed by atoms with Crippen LogP contribution in [-0.2, 0) is 15.1 Å². The lowest BCUT2D eigenvalue weighted by Gasteiger charge is -2.32. The van der Waals surface area contributed by atoms with E-state index in [0.29, 0.717) is 33.9 Å². The number of benzene rings is 3. The van der Waals surface area contributed by atoms with Gasteiger partial charge >= 0.3 is 0 Å². The summed E-state index contributed by atoms with van der Waals surface area (Å²) in [5.74, 6) is -0.922. The van der Waals surface area contributed by atoms with Crippen molar-refractivity contribution in [2.75, 3.05) is 12.0 Å². The summed E-state index contributed by atoms with van der Waals surface area (Å²) in [6.45, 7) is 4.09. The van der Waals surface area contributed by atoms with Gasteiger partial charge in [0.2, 0.25) is 11.8 Å². The highest BCUT2D eigenvalue weighted by Crippen LogP contribution is 2.56. The fourth-order valence-corrected chi connectivity index (χ4v) is 6.73. The normalized spacial score (nSPS) is 25.4. The first-order chi connectivity index (χ1) is 18.4. The first-order valence-electron chi connectivity index (χ1n) is 12.8. The van der Waals surface area contributed by atoms with Crippen molar-refractivity contribution in [2.45, 2.75) is 25.4 Å². The number of ether oxygens (including phenoxy) is 1. The molecule has 1 aromatic heterocycles. The summed E-state index contributed by atoms with van der Waals surface area (Å²) in [7, 11) is 1.55. The van der Waals surface area contributed by atoms with Gasteiger partial charge in [0.1, 0.15) is 17.1 Å². The molecule has 0 aliphatic carbocycles. The van der Waals surface area contributed by atoms with Gasteiger partial charge in [0.25, 0.3) is 5.56 Å². The number of nitrogens with one attached hydrogen (secondary N) is 1. The summed E-state index contributed by atoms with van der Waals surface area (Å²) < 4.78 is 6.99. The van der Waals surface area contributed by atoms with Gasteiger partial charge in [-0.3, -0.25) is 24.3 Å². The molecule has 2 amide bonds. The van der Waals surface area contributed by atoms with E-state index >= 15 is 0 Å². The molecule has 38 heavy (non-hydrogen) atoms. The third-order valence-electron chi connectivity index (χ3n) is 8.33. The monoisotopic (exact) mass is 506 g/mol. The highest BCUT2D eigenvalue weighted by atomic mass is 16.5. The molecule has 0 radical (unpaired) electrons. The van der Waals surface area contributed by atoms with Gasteiger partial charge in [0.15, 0.2) is 0 Å². The van der Waals surface area contributed by atoms with Crippen LogP contribution in [0.15, 0.2) is 77.6 Å². The van der Waals surface area contributed by atoms with E-state index in [-0.39, 0.29) is 29.3 Å². The summed E-state index contributed by atoms with van der Waals surface area (Å²) in [5, 5.41) is 4.22. The van der Waals surface area contributed by atoms with Crippen LogP contribution >= 0.6 is 0 Å². The topological polar surface area (TPSA) is 93.5 Å². The van der Waals surface area contributed by atoms with E-state index < -0.39 is 17.4 Å². The zero-order valence-electron chi connectivity index (χ0n) is 21.2. The van der Waals surface area contributed by atoms with Crippen molar-refractivity contribution in [3.05, 3.63) is 94.5 Å². The van der Waals surface area contributed by atoms with E-state index in [1.165, 1.54) is 4.90 Å². The van der Waals surface area contributed by atoms with Crippen molar-refractivity contribution in [3.8, 4) is 11.4 Å². The predicted molar refractivity (Wildman–Crippen MR) is 142 cm³/mol. The number of imide groups is 1. The molecular formula is C30H26N4O4. The molecule has 7 rings (SSSR count). The molecular weight excluding hydrogens is 480 g/mol. The van der Waals surface area contributed by atoms with Crippen molar-refractivity contribution in [1.82, 2.24) is 14.9 Å². The highest BCUT2D eigenvalue weighted by Gasteiger charge is 2.70. The number of carbonyl (C=O) groups is 2. The number of carbonyl (C=O) groups excluding carboxylic acids is 2. The minimum absolute atomic E-state index is 0.0391. The molecule has 190 valence electrons. The Labute approximate surface area is 218 Å². The van der Waals surface area contributed by atoms with Crippen molar-refractivity contribution in [2.24, 2.45) is 17.8 Å². The second kappa shape index (κ2) is 7.85. The number of hydrogen-bond acceptors (Lipinski definition) is 6. The molecule has 0 saturated carbocycles. The molecule has 2 fully saturated rings. The van der Waals surface area contributed by atoms with Gasteiger partial charge in [-0.25, -0.2) is 9.88 Å². The van der Waals surface area contributed by atoms with Crippen LogP contribution in [0.3, 0.4) is 0 Å². The van der Waals surface area contributed by atoms with Crippen LogP contribution in [0.4, 0.5) is 5.69 Å². The molecule has 4 heterocycles. The van der Waals surface area contributed by atoms with E-state index in [1.54, 1.807) is 42.0 Å². The maximum absolute atomic E-state index is 14.4. The highest BCUT2D eigenvalue weighted by molar-refractivity contribution is 6.23. The summed E-state index contributed by atoms with van der Waals surface area (Å²) >= 11 is 0. The Kier molecular flexibility index (Phi) is 4.72. The summed E-state index contributed by atoms with van der Waals surface area (Å²) in [6, 6.07) is 21.5. The van der Waals surface area contributed by atoms with Gasteiger partial charge in [-0.2, -0.15) is 0 Å². The molecule has 3 aliphatic rings. The predicted octanol–water partition coefficient (Wildman–Crippen LogP) is 3.38. The number of rotatable bonds is 3. The van der Waals surface area contributed by atoms with Gasteiger partial charge in [-0.05, 0) is 36.2 Å². The van der Waals surface area contributed by atoms with Gasteiger partial charge < -0.3 is 4.74 Å². The molecule has 8 nitrogen and oxygen atoms in total. The average Bonchev–Trinajstić information content (AvgIpc) is 3.52. The SMILES string of the molecule is COc1cccc(N2C(=O)[C@H]3[C@@H](C(C)C)N[C@]4(c5ccccc5-n5c4nc4ccccc4c5=O)[C@H]3C2=O)c1. The van der Waals surface area contributed by atoms with Crippen LogP contribution in [0.2, 0.25) is 0 Å². The van der Waals surface area contributed by atoms with Gasteiger partial charge in [-0.15, -0.1) is 0 Å². The number of fused-ring (bicyclic) bond motifs is 8. The zero-order chi connectivity index (χ0) is 26.3. The number of hydrogen-bond donors (Lipinski definition) is 1. The van der Waals surface area contributed by atoms with Crippen molar-refractivity contribution in [3.63, 3.8) is 0 Å². The van der Waals surface area contributed by atoms with Crippen molar-refractivity contribution in [1.29, 1.82) is 0 Å². The molecule has 8 heteroatoms. The maximum Gasteiger partial charge on any atom is 0.266 e. The number of anilines is 1. The second-order valence-electron chi connectivity index (χ2n) is 10.5. The largest absolute Gasteiger partial charge is 0.497 e. The van der Waals surface area contributed by atoms with Crippen LogP contribution in [0, 0.1) is 17.8 Å². The minimum Gasteiger partial charge on any atom is -0.497 e. The Morgan fingerprint density at radius 2 is 1.71 bits per heavy atom. The quantitative estimate of drug-likeness (QED) is 0.428. The molecule has 0 bridgehead atoms. The lowest BCUT2D eigenvalue weighted by molar-refractivity contribution is -0.123. The van der Waals surface area contributed by atoms with Crippen LogP contribution in [0.1, 0.15) is 25.2 Å². The molecule has 1 N–H and O–H groups in total. The van der Waals surface area contributed by atoms with Crippen LogP contribution < -0.4 is 20.5 Å². The molecule has 3 aliphatic heterocycles. The van der Waals surface area contributed by atoms with Crippen LogP contribution in [-0.4, -0.2) is 34.5 Å². The molecule has 2 saturated heterocycles. The van der Waals surface area contributed by atoms with Crippen molar-refractivity contribution >= 4 is 28.4 Å². The van der Waals surface area contributed by atoms with E-state index in [2.05, 4.69) is 5.32 Å². The Bertz CT molecular complexity index is 1730. The number of amides is 2. The summed E-state index contributed by atoms with van der Waals surface area (Å²) in [6.07, 6.45) is 0. The van der Waals surface area contributed by atoms with E-state index in [1.807, 2.05) is 56.3 Å².